The molecule has 1 aliphatic heterocycles. The third-order valence-corrected chi connectivity index (χ3v) is 4.03. The topological polar surface area (TPSA) is 68.3 Å². The molecule has 1 aliphatic rings. The minimum atomic E-state index is -0.489. The maximum atomic E-state index is 12.2. The molecule has 1 aromatic rings. The number of benzene rings is 1. The van der Waals surface area contributed by atoms with Gasteiger partial charge in [-0.25, -0.2) is 9.59 Å². The Balaban J connectivity index is 1.92. The van der Waals surface area contributed by atoms with Gasteiger partial charge in [0.05, 0.1) is 7.11 Å². The van der Waals surface area contributed by atoms with Crippen molar-refractivity contribution in [3.63, 3.8) is 0 Å². The van der Waals surface area contributed by atoms with Gasteiger partial charge in [-0.15, -0.1) is 0 Å². The van der Waals surface area contributed by atoms with Crippen LogP contribution in [0.2, 0.25) is 0 Å². The SMILES string of the molecule is COC(=O)COc1ccc(N2CCN(C(=O)OC(C)(C)C)CC2C)cc1. The van der Waals surface area contributed by atoms with E-state index in [1.807, 2.05) is 45.0 Å². The number of rotatable bonds is 4. The van der Waals surface area contributed by atoms with Crippen molar-refractivity contribution < 1.29 is 23.8 Å². The highest BCUT2D eigenvalue weighted by Crippen LogP contribution is 2.24. The van der Waals surface area contributed by atoms with Gasteiger partial charge in [0.25, 0.3) is 0 Å². The van der Waals surface area contributed by atoms with Gasteiger partial charge < -0.3 is 24.0 Å². The quantitative estimate of drug-likeness (QED) is 0.765. The first-order valence-corrected chi connectivity index (χ1v) is 8.74. The van der Waals surface area contributed by atoms with Crippen molar-refractivity contribution in [1.29, 1.82) is 0 Å². The molecular weight excluding hydrogens is 336 g/mol. The average Bonchev–Trinajstić information content (AvgIpc) is 2.58. The first-order chi connectivity index (χ1) is 12.2. The van der Waals surface area contributed by atoms with Crippen LogP contribution in [0.3, 0.4) is 0 Å². The highest BCUT2D eigenvalue weighted by Gasteiger charge is 2.29. The van der Waals surface area contributed by atoms with Gasteiger partial charge in [0.2, 0.25) is 0 Å². The number of hydrogen-bond acceptors (Lipinski definition) is 6. The summed E-state index contributed by atoms with van der Waals surface area (Å²) in [6, 6.07) is 7.72. The van der Waals surface area contributed by atoms with E-state index in [9.17, 15) is 9.59 Å². The smallest absolute Gasteiger partial charge is 0.410 e. The molecule has 1 unspecified atom stereocenters. The first-order valence-electron chi connectivity index (χ1n) is 8.74. The normalized spacial score (nSPS) is 17.7. The number of ether oxygens (including phenoxy) is 3. The minimum absolute atomic E-state index is 0.110. The summed E-state index contributed by atoms with van der Waals surface area (Å²) >= 11 is 0. The van der Waals surface area contributed by atoms with Gasteiger partial charge >= 0.3 is 12.1 Å². The maximum absolute atomic E-state index is 12.2. The number of nitrogens with zero attached hydrogens (tertiary/aromatic N) is 2. The number of piperazine rings is 1. The summed E-state index contributed by atoms with van der Waals surface area (Å²) in [5.41, 5.74) is 0.559. The molecule has 0 bridgehead atoms. The van der Waals surface area contributed by atoms with Gasteiger partial charge in [-0.1, -0.05) is 0 Å². The molecule has 7 heteroatoms. The van der Waals surface area contributed by atoms with E-state index in [1.54, 1.807) is 4.90 Å². The Bertz CT molecular complexity index is 624. The molecular formula is C19H28N2O5. The van der Waals surface area contributed by atoms with E-state index in [-0.39, 0.29) is 18.7 Å². The number of methoxy groups -OCH3 is 1. The molecule has 0 saturated carbocycles. The molecule has 0 spiro atoms. The summed E-state index contributed by atoms with van der Waals surface area (Å²) in [4.78, 5) is 27.3. The molecule has 0 aliphatic carbocycles. The van der Waals surface area contributed by atoms with E-state index in [1.165, 1.54) is 7.11 Å². The van der Waals surface area contributed by atoms with Crippen molar-refractivity contribution in [2.24, 2.45) is 0 Å². The van der Waals surface area contributed by atoms with Crippen LogP contribution < -0.4 is 9.64 Å². The Labute approximate surface area is 154 Å². The van der Waals surface area contributed by atoms with E-state index in [2.05, 4.69) is 16.6 Å². The van der Waals surface area contributed by atoms with Crippen molar-refractivity contribution in [2.75, 3.05) is 38.3 Å². The van der Waals surface area contributed by atoms with Crippen molar-refractivity contribution >= 4 is 17.7 Å². The lowest BCUT2D eigenvalue weighted by molar-refractivity contribution is -0.142. The molecule has 0 N–H and O–H groups in total. The number of carbonyl (C=O) groups excluding carboxylic acids is 2. The molecule has 1 aromatic carbocycles. The van der Waals surface area contributed by atoms with Crippen LogP contribution in [0.25, 0.3) is 0 Å². The third kappa shape index (κ3) is 5.54. The van der Waals surface area contributed by atoms with Crippen LogP contribution in [-0.4, -0.2) is 62.0 Å². The second-order valence-electron chi connectivity index (χ2n) is 7.33. The predicted octanol–water partition coefficient (Wildman–Crippen LogP) is 2.68. The number of amides is 1. The van der Waals surface area contributed by atoms with Gasteiger partial charge in [0, 0.05) is 31.4 Å². The van der Waals surface area contributed by atoms with E-state index in [0.29, 0.717) is 18.8 Å². The lowest BCUT2D eigenvalue weighted by Gasteiger charge is -2.41. The number of carbonyl (C=O) groups is 2. The van der Waals surface area contributed by atoms with Crippen molar-refractivity contribution in [1.82, 2.24) is 4.90 Å². The number of esters is 1. The largest absolute Gasteiger partial charge is 0.482 e. The second kappa shape index (κ2) is 8.29. The van der Waals surface area contributed by atoms with Gasteiger partial charge in [-0.05, 0) is 52.0 Å². The lowest BCUT2D eigenvalue weighted by atomic mass is 10.1. The van der Waals surface area contributed by atoms with E-state index < -0.39 is 11.6 Å². The summed E-state index contributed by atoms with van der Waals surface area (Å²) < 4.78 is 15.4. The molecule has 1 amide bonds. The van der Waals surface area contributed by atoms with Crippen LogP contribution in [0.15, 0.2) is 24.3 Å². The van der Waals surface area contributed by atoms with Gasteiger partial charge in [0.15, 0.2) is 6.61 Å². The average molecular weight is 364 g/mol. The molecule has 26 heavy (non-hydrogen) atoms. The molecule has 0 radical (unpaired) electrons. The van der Waals surface area contributed by atoms with E-state index in [0.717, 1.165) is 12.2 Å². The fraction of sp³-hybridized carbons (Fsp3) is 0.579. The molecule has 2 rings (SSSR count). The Hall–Kier alpha value is -2.44. The standard InChI is InChI=1S/C19H28N2O5/c1-14-12-20(18(23)26-19(2,3)4)10-11-21(14)15-6-8-16(9-7-15)25-13-17(22)24-5/h6-9,14H,10-13H2,1-5H3. The Kier molecular flexibility index (Phi) is 6.34. The molecule has 0 aromatic heterocycles. The zero-order valence-electron chi connectivity index (χ0n) is 16.2. The van der Waals surface area contributed by atoms with Crippen LogP contribution in [0, 0.1) is 0 Å². The number of hydrogen-bond donors (Lipinski definition) is 0. The van der Waals surface area contributed by atoms with Crippen molar-refractivity contribution in [2.45, 2.75) is 39.3 Å². The van der Waals surface area contributed by atoms with Crippen LogP contribution in [-0.2, 0) is 14.3 Å². The van der Waals surface area contributed by atoms with Crippen LogP contribution in [0.5, 0.6) is 5.75 Å². The zero-order chi connectivity index (χ0) is 19.3. The minimum Gasteiger partial charge on any atom is -0.482 e. The number of anilines is 1. The van der Waals surface area contributed by atoms with E-state index in [4.69, 9.17) is 9.47 Å². The molecule has 1 heterocycles. The molecule has 7 nitrogen and oxygen atoms in total. The van der Waals surface area contributed by atoms with Crippen LogP contribution in [0.4, 0.5) is 10.5 Å². The maximum Gasteiger partial charge on any atom is 0.410 e. The van der Waals surface area contributed by atoms with Crippen molar-refractivity contribution in [3.8, 4) is 5.75 Å². The summed E-state index contributed by atoms with van der Waals surface area (Å²) in [6.07, 6.45) is -0.268. The van der Waals surface area contributed by atoms with Crippen molar-refractivity contribution in [3.05, 3.63) is 24.3 Å². The highest BCUT2D eigenvalue weighted by atomic mass is 16.6. The molecule has 1 atom stereocenters. The fourth-order valence-corrected chi connectivity index (χ4v) is 2.77. The van der Waals surface area contributed by atoms with Crippen LogP contribution >= 0.6 is 0 Å². The summed E-state index contributed by atoms with van der Waals surface area (Å²) in [5.74, 6) is 0.195. The highest BCUT2D eigenvalue weighted by molar-refractivity contribution is 5.71. The Morgan fingerprint density at radius 1 is 1.15 bits per heavy atom. The summed E-state index contributed by atoms with van der Waals surface area (Å²) in [6.45, 7) is 9.52. The monoisotopic (exact) mass is 364 g/mol. The van der Waals surface area contributed by atoms with E-state index >= 15 is 0 Å². The second-order valence-corrected chi connectivity index (χ2v) is 7.33. The fourth-order valence-electron chi connectivity index (χ4n) is 2.77. The van der Waals surface area contributed by atoms with Gasteiger partial charge in [-0.2, -0.15) is 0 Å². The lowest BCUT2D eigenvalue weighted by Crippen LogP contribution is -2.54. The summed E-state index contributed by atoms with van der Waals surface area (Å²) in [5, 5.41) is 0. The van der Waals surface area contributed by atoms with Gasteiger partial charge in [0.1, 0.15) is 11.4 Å². The predicted molar refractivity (Wildman–Crippen MR) is 98.6 cm³/mol. The van der Waals surface area contributed by atoms with Crippen LogP contribution in [0.1, 0.15) is 27.7 Å². The summed E-state index contributed by atoms with van der Waals surface area (Å²) in [7, 11) is 1.33. The zero-order valence-corrected chi connectivity index (χ0v) is 16.2. The third-order valence-electron chi connectivity index (χ3n) is 4.03. The molecule has 144 valence electrons. The molecule has 1 fully saturated rings. The Morgan fingerprint density at radius 2 is 1.81 bits per heavy atom. The molecule has 1 saturated heterocycles. The Morgan fingerprint density at radius 3 is 2.35 bits per heavy atom. The van der Waals surface area contributed by atoms with Gasteiger partial charge in [-0.3, -0.25) is 0 Å². The first kappa shape index (κ1) is 19.9.